The molecule has 1 fully saturated rings. The van der Waals surface area contributed by atoms with Crippen LogP contribution in [0.25, 0.3) is 0 Å². The summed E-state index contributed by atoms with van der Waals surface area (Å²) in [5, 5.41) is 9.35. The third-order valence-electron chi connectivity index (χ3n) is 4.49. The highest BCUT2D eigenvalue weighted by molar-refractivity contribution is 7.99. The highest BCUT2D eigenvalue weighted by Gasteiger charge is 2.47. The lowest BCUT2D eigenvalue weighted by atomic mass is 9.85. The summed E-state index contributed by atoms with van der Waals surface area (Å²) in [7, 11) is 0. The molecule has 0 radical (unpaired) electrons. The molecule has 0 spiro atoms. The fourth-order valence-corrected chi connectivity index (χ4v) is 4.17. The van der Waals surface area contributed by atoms with Crippen LogP contribution in [-0.4, -0.2) is 33.8 Å². The van der Waals surface area contributed by atoms with Gasteiger partial charge in [0.25, 0.3) is 0 Å². The number of carbonyl (C=O) groups is 1. The molecule has 2 aliphatic heterocycles. The van der Waals surface area contributed by atoms with E-state index in [0.29, 0.717) is 6.42 Å². The second kappa shape index (κ2) is 4.85. The number of benzene rings is 1. The lowest BCUT2D eigenvalue weighted by Gasteiger charge is -2.50. The van der Waals surface area contributed by atoms with Crippen LogP contribution in [0.2, 0.25) is 0 Å². The van der Waals surface area contributed by atoms with Crippen molar-refractivity contribution in [2.75, 3.05) is 12.3 Å². The van der Waals surface area contributed by atoms with Gasteiger partial charge in [-0.25, -0.2) is 4.79 Å². The van der Waals surface area contributed by atoms with Crippen LogP contribution in [0.4, 0.5) is 0 Å². The number of nitrogens with zero attached hydrogens (tertiary/aromatic N) is 1. The van der Waals surface area contributed by atoms with Crippen molar-refractivity contribution in [1.29, 1.82) is 0 Å². The Hall–Kier alpha value is -1.42. The minimum Gasteiger partial charge on any atom is -0.480 e. The molecule has 0 bridgehead atoms. The monoisotopic (exact) mass is 289 g/mol. The zero-order valence-electron chi connectivity index (χ0n) is 11.7. The van der Waals surface area contributed by atoms with Crippen LogP contribution in [0, 0.1) is 0 Å². The third kappa shape index (κ3) is 2.03. The van der Waals surface area contributed by atoms with Gasteiger partial charge in [-0.1, -0.05) is 18.7 Å². The molecular weight excluding hydrogens is 270 g/mol. The highest BCUT2D eigenvalue weighted by Crippen LogP contribution is 2.37. The Labute approximate surface area is 123 Å². The van der Waals surface area contributed by atoms with Crippen molar-refractivity contribution in [2.24, 2.45) is 0 Å². The minimum atomic E-state index is -0.760. The summed E-state index contributed by atoms with van der Waals surface area (Å²) in [5.74, 6) is 0.397. The molecule has 2 heterocycles. The zero-order valence-corrected chi connectivity index (χ0v) is 12.5. The van der Waals surface area contributed by atoms with Crippen molar-refractivity contribution >= 4 is 17.7 Å². The number of rotatable bonds is 4. The van der Waals surface area contributed by atoms with Gasteiger partial charge in [-0.15, -0.1) is 11.8 Å². The van der Waals surface area contributed by atoms with E-state index in [0.717, 1.165) is 30.8 Å². The summed E-state index contributed by atoms with van der Waals surface area (Å²) in [6, 6.07) is 6.41. The summed E-state index contributed by atoms with van der Waals surface area (Å²) in [5.41, 5.74) is 2.89. The first-order chi connectivity index (χ1) is 9.52. The van der Waals surface area contributed by atoms with E-state index in [9.17, 15) is 9.90 Å². The fraction of sp³-hybridized carbons (Fsp3) is 0.438. The summed E-state index contributed by atoms with van der Waals surface area (Å²) in [6.45, 7) is 6.72. The normalized spacial score (nSPS) is 24.1. The first kappa shape index (κ1) is 13.6. The number of hydrogen-bond acceptors (Lipinski definition) is 3. The predicted molar refractivity (Wildman–Crippen MR) is 81.1 cm³/mol. The van der Waals surface area contributed by atoms with Crippen molar-refractivity contribution < 1.29 is 9.90 Å². The number of carboxylic acids is 1. The van der Waals surface area contributed by atoms with Gasteiger partial charge in [0.1, 0.15) is 5.54 Å². The van der Waals surface area contributed by atoms with Crippen molar-refractivity contribution in [2.45, 2.75) is 36.6 Å². The Balaban J connectivity index is 1.78. The Morgan fingerprint density at radius 1 is 1.55 bits per heavy atom. The van der Waals surface area contributed by atoms with Gasteiger partial charge in [0.05, 0.1) is 0 Å². The van der Waals surface area contributed by atoms with Crippen LogP contribution < -0.4 is 0 Å². The highest BCUT2D eigenvalue weighted by atomic mass is 32.2. The van der Waals surface area contributed by atoms with Crippen molar-refractivity contribution in [3.63, 3.8) is 0 Å². The van der Waals surface area contributed by atoms with Gasteiger partial charge in [0.2, 0.25) is 0 Å². The molecule has 1 aromatic rings. The largest absolute Gasteiger partial charge is 0.480 e. The van der Waals surface area contributed by atoms with Gasteiger partial charge in [-0.2, -0.15) is 0 Å². The van der Waals surface area contributed by atoms with Crippen LogP contribution in [0.5, 0.6) is 0 Å². The molecule has 106 valence electrons. The number of likely N-dealkylation sites (tertiary alicyclic amines) is 1. The van der Waals surface area contributed by atoms with Gasteiger partial charge in [0, 0.05) is 29.3 Å². The number of carboxylic acid groups (broad SMARTS) is 1. The van der Waals surface area contributed by atoms with E-state index in [1.54, 1.807) is 6.92 Å². The maximum absolute atomic E-state index is 11.4. The molecule has 0 aliphatic carbocycles. The smallest absolute Gasteiger partial charge is 0.329 e. The molecule has 1 unspecified atom stereocenters. The van der Waals surface area contributed by atoms with Crippen molar-refractivity contribution in [3.8, 4) is 0 Å². The summed E-state index contributed by atoms with van der Waals surface area (Å²) < 4.78 is 0. The van der Waals surface area contributed by atoms with Crippen LogP contribution in [-0.2, 0) is 17.6 Å². The quantitative estimate of drug-likeness (QED) is 0.925. The Bertz CT molecular complexity index is 584. The molecule has 2 aliphatic rings. The Kier molecular flexibility index (Phi) is 3.28. The SMILES string of the molecule is C=C(Cc1cccc2c1CCS2)N1CCC1(C)C(=O)O. The van der Waals surface area contributed by atoms with Gasteiger partial charge in [-0.3, -0.25) is 0 Å². The molecule has 20 heavy (non-hydrogen) atoms. The number of aliphatic carboxylic acids is 1. The minimum absolute atomic E-state index is 0.699. The van der Waals surface area contributed by atoms with E-state index < -0.39 is 11.5 Å². The van der Waals surface area contributed by atoms with E-state index in [4.69, 9.17) is 0 Å². The first-order valence-electron chi connectivity index (χ1n) is 6.95. The summed E-state index contributed by atoms with van der Waals surface area (Å²) >= 11 is 1.90. The second-order valence-electron chi connectivity index (χ2n) is 5.72. The molecule has 0 saturated carbocycles. The molecule has 1 saturated heterocycles. The van der Waals surface area contributed by atoms with Crippen molar-refractivity contribution in [3.05, 3.63) is 41.6 Å². The molecule has 1 atom stereocenters. The fourth-order valence-electron chi connectivity index (χ4n) is 3.06. The van der Waals surface area contributed by atoms with E-state index in [-0.39, 0.29) is 0 Å². The standard InChI is InChI=1S/C16H19NO2S/c1-11(17-8-7-16(17,2)15(18)19)10-12-4-3-5-14-13(12)6-9-20-14/h3-5H,1,6-10H2,2H3,(H,18,19). The van der Waals surface area contributed by atoms with Crippen LogP contribution in [0.1, 0.15) is 24.5 Å². The van der Waals surface area contributed by atoms with E-state index >= 15 is 0 Å². The summed E-state index contributed by atoms with van der Waals surface area (Å²) in [4.78, 5) is 14.7. The predicted octanol–water partition coefficient (Wildman–Crippen LogP) is 2.94. The van der Waals surface area contributed by atoms with Crippen LogP contribution in [0.15, 0.2) is 35.4 Å². The average molecular weight is 289 g/mol. The van der Waals surface area contributed by atoms with E-state index in [2.05, 4.69) is 24.8 Å². The second-order valence-corrected chi connectivity index (χ2v) is 6.85. The maximum atomic E-state index is 11.4. The topological polar surface area (TPSA) is 40.5 Å². The molecule has 1 aromatic carbocycles. The van der Waals surface area contributed by atoms with Gasteiger partial charge in [-0.05, 0) is 37.0 Å². The molecule has 3 nitrogen and oxygen atoms in total. The Morgan fingerprint density at radius 3 is 3.00 bits per heavy atom. The molecule has 4 heteroatoms. The van der Waals surface area contributed by atoms with E-state index in [1.807, 2.05) is 16.7 Å². The van der Waals surface area contributed by atoms with E-state index in [1.165, 1.54) is 16.0 Å². The number of hydrogen-bond donors (Lipinski definition) is 1. The van der Waals surface area contributed by atoms with Gasteiger partial charge in [0.15, 0.2) is 0 Å². The van der Waals surface area contributed by atoms with Gasteiger partial charge < -0.3 is 10.0 Å². The lowest BCUT2D eigenvalue weighted by molar-refractivity contribution is -0.156. The zero-order chi connectivity index (χ0) is 14.3. The number of thioether (sulfide) groups is 1. The molecule has 0 amide bonds. The number of fused-ring (bicyclic) bond motifs is 1. The Morgan fingerprint density at radius 2 is 2.35 bits per heavy atom. The lowest BCUT2D eigenvalue weighted by Crippen LogP contribution is -2.61. The van der Waals surface area contributed by atoms with Crippen LogP contribution >= 0.6 is 11.8 Å². The molecule has 3 rings (SSSR count). The molecule has 0 aromatic heterocycles. The van der Waals surface area contributed by atoms with Crippen molar-refractivity contribution in [1.82, 2.24) is 4.90 Å². The number of allylic oxidation sites excluding steroid dienone is 1. The third-order valence-corrected chi connectivity index (χ3v) is 5.60. The molecular formula is C16H19NO2S. The molecule has 1 N–H and O–H groups in total. The van der Waals surface area contributed by atoms with Crippen LogP contribution in [0.3, 0.4) is 0 Å². The average Bonchev–Trinajstić information content (AvgIpc) is 2.85. The summed E-state index contributed by atoms with van der Waals surface area (Å²) in [6.07, 6.45) is 2.57. The maximum Gasteiger partial charge on any atom is 0.329 e. The van der Waals surface area contributed by atoms with Gasteiger partial charge >= 0.3 is 5.97 Å². The first-order valence-corrected chi connectivity index (χ1v) is 7.93.